The van der Waals surface area contributed by atoms with Gasteiger partial charge in [0.2, 0.25) is 0 Å². The maximum Gasteiger partial charge on any atom is 0.165 e. The number of nitrogens with one attached hydrogen (secondary N) is 1. The van der Waals surface area contributed by atoms with Gasteiger partial charge in [0.25, 0.3) is 0 Å². The zero-order valence-electron chi connectivity index (χ0n) is 13.8. The number of nitrogens with zero attached hydrogens (tertiary/aromatic N) is 1. The van der Waals surface area contributed by atoms with Crippen LogP contribution in [0.2, 0.25) is 0 Å². The van der Waals surface area contributed by atoms with Gasteiger partial charge in [0.15, 0.2) is 11.5 Å². The quantitative estimate of drug-likeness (QED) is 0.874. The molecular weight excluding hydrogens is 264 g/mol. The molecule has 4 heteroatoms. The molecule has 4 nitrogen and oxygen atoms in total. The Bertz CT molecular complexity index is 462. The highest BCUT2D eigenvalue weighted by Gasteiger charge is 2.35. The molecule has 0 aliphatic carbocycles. The third-order valence-corrected chi connectivity index (χ3v) is 4.31. The topological polar surface area (TPSA) is 33.7 Å². The lowest BCUT2D eigenvalue weighted by molar-refractivity contribution is 0.258. The van der Waals surface area contributed by atoms with Crippen LogP contribution in [0.25, 0.3) is 0 Å². The molecule has 1 fully saturated rings. The number of hydrogen-bond donors (Lipinski definition) is 1. The van der Waals surface area contributed by atoms with E-state index >= 15 is 0 Å². The van der Waals surface area contributed by atoms with E-state index < -0.39 is 0 Å². The summed E-state index contributed by atoms with van der Waals surface area (Å²) >= 11 is 0. The summed E-state index contributed by atoms with van der Waals surface area (Å²) in [4.78, 5) is 2.42. The lowest BCUT2D eigenvalue weighted by atomic mass is 9.92. The monoisotopic (exact) mass is 292 g/mol. The molecular formula is C17H28N2O2. The summed E-state index contributed by atoms with van der Waals surface area (Å²) in [6.45, 7) is 6.54. The lowest BCUT2D eigenvalue weighted by Gasteiger charge is -2.28. The number of hydrogen-bond acceptors (Lipinski definition) is 4. The van der Waals surface area contributed by atoms with Gasteiger partial charge in [-0.1, -0.05) is 26.0 Å². The molecule has 2 atom stereocenters. The predicted molar refractivity (Wildman–Crippen MR) is 86.2 cm³/mol. The highest BCUT2D eigenvalue weighted by Crippen LogP contribution is 2.43. The Balaban J connectivity index is 2.29. The van der Waals surface area contributed by atoms with E-state index in [2.05, 4.69) is 43.2 Å². The third kappa shape index (κ3) is 3.50. The van der Waals surface area contributed by atoms with E-state index in [4.69, 9.17) is 9.47 Å². The van der Waals surface area contributed by atoms with E-state index in [-0.39, 0.29) is 0 Å². The number of benzene rings is 1. The lowest BCUT2D eigenvalue weighted by Crippen LogP contribution is -2.32. The zero-order chi connectivity index (χ0) is 15.4. The van der Waals surface area contributed by atoms with Crippen LogP contribution >= 0.6 is 0 Å². The molecule has 1 aliphatic rings. The fourth-order valence-electron chi connectivity index (χ4n) is 3.26. The Hall–Kier alpha value is -1.26. The molecule has 2 unspecified atom stereocenters. The standard InChI is InChI=1S/C17H28N2O2/c1-12(2)18-11-13-9-10-19(3)16(13)14-7-6-8-15(20-4)17(14)21-5/h6-8,12-13,16,18H,9-11H2,1-5H3. The largest absolute Gasteiger partial charge is 0.493 e. The van der Waals surface area contributed by atoms with Crippen LogP contribution in [0.15, 0.2) is 18.2 Å². The highest BCUT2D eigenvalue weighted by atomic mass is 16.5. The summed E-state index contributed by atoms with van der Waals surface area (Å²) in [5.41, 5.74) is 1.23. The van der Waals surface area contributed by atoms with Crippen molar-refractivity contribution < 1.29 is 9.47 Å². The molecule has 0 aromatic heterocycles. The van der Waals surface area contributed by atoms with Gasteiger partial charge in [0, 0.05) is 24.2 Å². The van der Waals surface area contributed by atoms with Crippen LogP contribution in [0.4, 0.5) is 0 Å². The van der Waals surface area contributed by atoms with E-state index in [1.54, 1.807) is 14.2 Å². The first-order valence-corrected chi connectivity index (χ1v) is 7.73. The van der Waals surface area contributed by atoms with Gasteiger partial charge in [-0.05, 0) is 32.0 Å². The van der Waals surface area contributed by atoms with Crippen LogP contribution < -0.4 is 14.8 Å². The summed E-state index contributed by atoms with van der Waals surface area (Å²) in [6, 6.07) is 7.06. The van der Waals surface area contributed by atoms with Crippen LogP contribution in [0.5, 0.6) is 11.5 Å². The van der Waals surface area contributed by atoms with Crippen molar-refractivity contribution in [3.05, 3.63) is 23.8 Å². The van der Waals surface area contributed by atoms with Crippen LogP contribution in [0.3, 0.4) is 0 Å². The summed E-state index contributed by atoms with van der Waals surface area (Å²) in [7, 11) is 5.61. The summed E-state index contributed by atoms with van der Waals surface area (Å²) in [5, 5.41) is 3.58. The van der Waals surface area contributed by atoms with Crippen molar-refractivity contribution in [1.82, 2.24) is 10.2 Å². The minimum absolute atomic E-state index is 0.376. The predicted octanol–water partition coefficient (Wildman–Crippen LogP) is 2.69. The second-order valence-electron chi connectivity index (χ2n) is 6.12. The Morgan fingerprint density at radius 2 is 2.05 bits per heavy atom. The number of para-hydroxylation sites is 1. The minimum atomic E-state index is 0.376. The van der Waals surface area contributed by atoms with Gasteiger partial charge in [-0.15, -0.1) is 0 Å². The summed E-state index contributed by atoms with van der Waals surface area (Å²) < 4.78 is 11.1. The van der Waals surface area contributed by atoms with Crippen molar-refractivity contribution in [3.63, 3.8) is 0 Å². The van der Waals surface area contributed by atoms with Crippen molar-refractivity contribution in [2.24, 2.45) is 5.92 Å². The summed E-state index contributed by atoms with van der Waals surface area (Å²) in [5.74, 6) is 2.28. The maximum atomic E-state index is 5.63. The molecule has 1 heterocycles. The van der Waals surface area contributed by atoms with Crippen LogP contribution in [0, 0.1) is 5.92 Å². The molecule has 0 saturated carbocycles. The molecule has 1 aromatic carbocycles. The molecule has 21 heavy (non-hydrogen) atoms. The van der Waals surface area contributed by atoms with E-state index in [9.17, 15) is 0 Å². The van der Waals surface area contributed by atoms with Gasteiger partial charge in [-0.25, -0.2) is 0 Å². The van der Waals surface area contributed by atoms with E-state index in [0.29, 0.717) is 18.0 Å². The number of methoxy groups -OCH3 is 2. The molecule has 1 aliphatic heterocycles. The Morgan fingerprint density at radius 3 is 2.67 bits per heavy atom. The van der Waals surface area contributed by atoms with Gasteiger partial charge in [-0.3, -0.25) is 4.90 Å². The van der Waals surface area contributed by atoms with Crippen LogP contribution in [-0.2, 0) is 0 Å². The normalized spacial score (nSPS) is 22.8. The molecule has 1 N–H and O–H groups in total. The van der Waals surface area contributed by atoms with E-state index in [1.165, 1.54) is 12.0 Å². The van der Waals surface area contributed by atoms with Gasteiger partial charge in [0.05, 0.1) is 14.2 Å². The second-order valence-corrected chi connectivity index (χ2v) is 6.12. The minimum Gasteiger partial charge on any atom is -0.493 e. The summed E-state index contributed by atoms with van der Waals surface area (Å²) in [6.07, 6.45) is 1.21. The van der Waals surface area contributed by atoms with Crippen molar-refractivity contribution in [3.8, 4) is 11.5 Å². The average molecular weight is 292 g/mol. The molecule has 0 amide bonds. The van der Waals surface area contributed by atoms with Gasteiger partial charge in [0.1, 0.15) is 0 Å². The maximum absolute atomic E-state index is 5.63. The van der Waals surface area contributed by atoms with E-state index in [1.807, 2.05) is 6.07 Å². The van der Waals surface area contributed by atoms with E-state index in [0.717, 1.165) is 24.6 Å². The van der Waals surface area contributed by atoms with Crippen molar-refractivity contribution in [2.75, 3.05) is 34.4 Å². The third-order valence-electron chi connectivity index (χ3n) is 4.31. The Morgan fingerprint density at radius 1 is 1.29 bits per heavy atom. The Kier molecular flexibility index (Phi) is 5.48. The molecule has 118 valence electrons. The smallest absolute Gasteiger partial charge is 0.165 e. The molecule has 1 aromatic rings. The van der Waals surface area contributed by atoms with Gasteiger partial charge < -0.3 is 14.8 Å². The number of ether oxygens (including phenoxy) is 2. The van der Waals surface area contributed by atoms with Gasteiger partial charge in [-0.2, -0.15) is 0 Å². The molecule has 0 radical (unpaired) electrons. The Labute approximate surface area is 128 Å². The molecule has 0 spiro atoms. The average Bonchev–Trinajstić information content (AvgIpc) is 2.84. The SMILES string of the molecule is COc1cccc(C2C(CNC(C)C)CCN2C)c1OC. The first-order valence-electron chi connectivity index (χ1n) is 7.73. The van der Waals surface area contributed by atoms with Crippen LogP contribution in [0.1, 0.15) is 31.9 Å². The van der Waals surface area contributed by atoms with Crippen molar-refractivity contribution >= 4 is 0 Å². The molecule has 1 saturated heterocycles. The number of rotatable bonds is 6. The first kappa shape index (κ1) is 16.1. The number of likely N-dealkylation sites (tertiary alicyclic amines) is 1. The molecule has 0 bridgehead atoms. The highest BCUT2D eigenvalue weighted by molar-refractivity contribution is 5.48. The van der Waals surface area contributed by atoms with Crippen LogP contribution in [-0.4, -0.2) is 45.3 Å². The fourth-order valence-corrected chi connectivity index (χ4v) is 3.26. The first-order chi connectivity index (χ1) is 10.1. The zero-order valence-corrected chi connectivity index (χ0v) is 13.8. The molecule has 2 rings (SSSR count). The second kappa shape index (κ2) is 7.14. The van der Waals surface area contributed by atoms with Crippen molar-refractivity contribution in [2.45, 2.75) is 32.4 Å². The van der Waals surface area contributed by atoms with Gasteiger partial charge >= 0.3 is 0 Å². The van der Waals surface area contributed by atoms with Crippen molar-refractivity contribution in [1.29, 1.82) is 0 Å². The fraction of sp³-hybridized carbons (Fsp3) is 0.647.